The van der Waals surface area contributed by atoms with Crippen LogP contribution in [0.15, 0.2) is 36.4 Å². The summed E-state index contributed by atoms with van der Waals surface area (Å²) in [5.74, 6) is -2.19. The maximum atomic E-state index is 16.9. The first-order valence-corrected chi connectivity index (χ1v) is 24.0. The van der Waals surface area contributed by atoms with E-state index in [1.165, 1.54) is 17.0 Å². The molecule has 0 saturated carbocycles. The number of nitrogens with one attached hydrogen (secondary N) is 2. The van der Waals surface area contributed by atoms with Gasteiger partial charge in [-0.2, -0.15) is 9.97 Å². The average Bonchev–Trinajstić information content (AvgIpc) is 3.88. The van der Waals surface area contributed by atoms with Crippen LogP contribution in [0.2, 0.25) is 5.02 Å². The molecule has 66 heavy (non-hydrogen) atoms. The molecule has 1 aromatic heterocycles. The number of imide groups is 1. The molecule has 9 rings (SSSR count). The molecule has 13 nitrogen and oxygen atoms in total. The normalized spacial score (nSPS) is 21.0. The van der Waals surface area contributed by atoms with Gasteiger partial charge in [-0.15, -0.1) is 0 Å². The topological polar surface area (TPSA) is 132 Å². The molecule has 4 saturated heterocycles. The van der Waals surface area contributed by atoms with Crippen molar-refractivity contribution in [1.82, 2.24) is 35.3 Å². The zero-order chi connectivity index (χ0) is 45.9. The number of anilines is 1. The van der Waals surface area contributed by atoms with Crippen LogP contribution in [0.25, 0.3) is 22.0 Å². The van der Waals surface area contributed by atoms with E-state index in [-0.39, 0.29) is 76.6 Å². The van der Waals surface area contributed by atoms with Crippen LogP contribution in [0, 0.1) is 17.5 Å². The lowest BCUT2D eigenvalue weighted by Crippen LogP contribution is -2.52. The van der Waals surface area contributed by atoms with Crippen LogP contribution in [0.3, 0.4) is 0 Å². The highest BCUT2D eigenvalue weighted by atomic mass is 35.5. The van der Waals surface area contributed by atoms with Crippen molar-refractivity contribution in [1.29, 1.82) is 0 Å². The second kappa shape index (κ2) is 20.5. The second-order valence-corrected chi connectivity index (χ2v) is 18.8. The Kier molecular flexibility index (Phi) is 14.3. The highest BCUT2D eigenvalue weighted by molar-refractivity contribution is 6.34. The monoisotopic (exact) mass is 930 g/mol. The number of hydrogen-bond acceptors (Lipinski definition) is 11. The van der Waals surface area contributed by atoms with Crippen LogP contribution in [0.5, 0.6) is 11.8 Å². The molecule has 0 spiro atoms. The highest BCUT2D eigenvalue weighted by Crippen LogP contribution is 2.44. The smallest absolute Gasteiger partial charge is 0.319 e. The Balaban J connectivity index is 0.771. The molecule has 4 aromatic rings. The third-order valence-electron chi connectivity index (χ3n) is 14.1. The largest absolute Gasteiger partial charge is 0.493 e. The van der Waals surface area contributed by atoms with Gasteiger partial charge in [0, 0.05) is 61.7 Å². The number of halogens is 4. The van der Waals surface area contributed by atoms with Gasteiger partial charge in [0.25, 0.3) is 5.91 Å². The maximum Gasteiger partial charge on any atom is 0.319 e. The van der Waals surface area contributed by atoms with E-state index in [1.54, 1.807) is 24.3 Å². The summed E-state index contributed by atoms with van der Waals surface area (Å²) in [6, 6.07) is 8.46. The number of piperidine rings is 2. The molecule has 2 unspecified atom stereocenters. The van der Waals surface area contributed by atoms with Crippen molar-refractivity contribution in [3.8, 4) is 22.9 Å². The third kappa shape index (κ3) is 9.83. The van der Waals surface area contributed by atoms with Gasteiger partial charge in [0.2, 0.25) is 11.8 Å². The van der Waals surface area contributed by atoms with Gasteiger partial charge in [-0.3, -0.25) is 19.7 Å². The van der Waals surface area contributed by atoms with E-state index in [0.29, 0.717) is 43.1 Å². The quantitative estimate of drug-likeness (QED) is 0.0873. The molecular formula is C49H58ClF3N8O5. The number of rotatable bonds is 16. The summed E-state index contributed by atoms with van der Waals surface area (Å²) in [7, 11) is 2.06. The molecule has 352 valence electrons. The van der Waals surface area contributed by atoms with E-state index in [1.807, 2.05) is 0 Å². The Hall–Kier alpha value is -5.03. The number of likely N-dealkylation sites (N-methyl/N-ethyl adjacent to an activating group) is 1. The lowest BCUT2D eigenvalue weighted by atomic mass is 9.85. The number of fused-ring (bicyclic) bond motifs is 2. The standard InChI is InChI=1S/C49H58ClF3N8O5/c1-58-18-8-9-32(58)29-66-49-56-45-35(46(57-49)60-22-16-54-17-23-60)27-37(50)42(44(45)53)43-38(52)10-7-11-40(43)65-24-6-4-2-3-5-19-59-20-14-30(15-21-59)33-25-31(51)26-34-36(33)28-61(48(34)64)39-12-13-41(62)55-47(39)63/h7,10-11,25-27,30,32,39,54H,2-6,8-9,12-24,28-29H2,1H3,(H,55,62,63). The van der Waals surface area contributed by atoms with Gasteiger partial charge in [-0.25, -0.2) is 13.2 Å². The van der Waals surface area contributed by atoms with Crippen molar-refractivity contribution < 1.29 is 37.0 Å². The molecule has 3 aromatic carbocycles. The molecular weight excluding hydrogens is 873 g/mol. The van der Waals surface area contributed by atoms with Crippen LogP contribution in [0.1, 0.15) is 98.0 Å². The summed E-state index contributed by atoms with van der Waals surface area (Å²) in [6.07, 6.45) is 8.87. The number of benzene rings is 3. The fourth-order valence-corrected chi connectivity index (χ4v) is 10.7. The Morgan fingerprint density at radius 1 is 0.864 bits per heavy atom. The lowest BCUT2D eigenvalue weighted by Gasteiger charge is -2.33. The Morgan fingerprint density at radius 3 is 2.42 bits per heavy atom. The molecule has 5 aliphatic heterocycles. The first kappa shape index (κ1) is 46.1. The molecule has 0 radical (unpaired) electrons. The minimum absolute atomic E-state index is 0.0128. The van der Waals surface area contributed by atoms with Gasteiger partial charge >= 0.3 is 6.01 Å². The molecule has 5 aliphatic rings. The predicted molar refractivity (Wildman–Crippen MR) is 246 cm³/mol. The van der Waals surface area contributed by atoms with Crippen LogP contribution in [0.4, 0.5) is 19.0 Å². The zero-order valence-corrected chi connectivity index (χ0v) is 38.2. The number of hydrogen-bond donors (Lipinski definition) is 2. The van der Waals surface area contributed by atoms with Gasteiger partial charge < -0.3 is 34.4 Å². The van der Waals surface area contributed by atoms with Crippen LogP contribution in [-0.4, -0.2) is 127 Å². The first-order valence-electron chi connectivity index (χ1n) is 23.6. The highest BCUT2D eigenvalue weighted by Gasteiger charge is 2.41. The van der Waals surface area contributed by atoms with E-state index in [2.05, 4.69) is 37.4 Å². The molecule has 4 fully saturated rings. The molecule has 2 N–H and O–H groups in total. The van der Waals surface area contributed by atoms with Crippen molar-refractivity contribution in [3.63, 3.8) is 0 Å². The Bertz CT molecular complexity index is 2470. The van der Waals surface area contributed by atoms with Crippen LogP contribution < -0.4 is 25.0 Å². The second-order valence-electron chi connectivity index (χ2n) is 18.4. The van der Waals surface area contributed by atoms with E-state index in [4.69, 9.17) is 26.1 Å². The van der Waals surface area contributed by atoms with Crippen molar-refractivity contribution in [2.24, 2.45) is 0 Å². The molecule has 17 heteroatoms. The minimum Gasteiger partial charge on any atom is -0.493 e. The maximum absolute atomic E-state index is 16.9. The summed E-state index contributed by atoms with van der Waals surface area (Å²) in [4.78, 5) is 55.2. The SMILES string of the molecule is CN1CCCC1COc1nc(N2CCNCC2)c2cc(Cl)c(-c3c(F)cccc3OCCCCCCCN3CCC(c4cc(F)cc5c4CN(C4CCC(=O)NC4=O)C5=O)CC3)c(F)c2n1. The zero-order valence-electron chi connectivity index (χ0n) is 37.5. The Morgan fingerprint density at radius 2 is 1.65 bits per heavy atom. The number of likely N-dealkylation sites (tertiary alicyclic amines) is 2. The molecule has 2 atom stereocenters. The third-order valence-corrected chi connectivity index (χ3v) is 14.4. The number of piperazine rings is 1. The molecule has 6 heterocycles. The first-order chi connectivity index (χ1) is 32.0. The minimum atomic E-state index is -0.759. The van der Waals surface area contributed by atoms with Gasteiger partial charge in [0.1, 0.15) is 41.4 Å². The number of carbonyl (C=O) groups excluding carboxylic acids is 3. The lowest BCUT2D eigenvalue weighted by molar-refractivity contribution is -0.136. The van der Waals surface area contributed by atoms with Crippen molar-refractivity contribution in [2.75, 3.05) is 77.5 Å². The number of amides is 3. The van der Waals surface area contributed by atoms with E-state index in [0.717, 1.165) is 108 Å². The van der Waals surface area contributed by atoms with E-state index >= 15 is 8.78 Å². The van der Waals surface area contributed by atoms with Crippen LogP contribution in [-0.2, 0) is 16.1 Å². The average molecular weight is 932 g/mol. The van der Waals surface area contributed by atoms with Crippen LogP contribution >= 0.6 is 11.6 Å². The Labute approximate surface area is 388 Å². The summed E-state index contributed by atoms with van der Waals surface area (Å²) >= 11 is 6.86. The summed E-state index contributed by atoms with van der Waals surface area (Å²) < 4.78 is 59.9. The van der Waals surface area contributed by atoms with Crippen molar-refractivity contribution in [3.05, 3.63) is 75.6 Å². The predicted octanol–water partition coefficient (Wildman–Crippen LogP) is 7.22. The number of carbonyl (C=O) groups is 3. The fourth-order valence-electron chi connectivity index (χ4n) is 10.4. The fraction of sp³-hybridized carbons (Fsp3) is 0.531. The van der Waals surface area contributed by atoms with Crippen molar-refractivity contribution >= 4 is 46.0 Å². The van der Waals surface area contributed by atoms with Crippen molar-refractivity contribution in [2.45, 2.75) is 95.2 Å². The number of nitrogens with zero attached hydrogens (tertiary/aromatic N) is 6. The summed E-state index contributed by atoms with van der Waals surface area (Å²) in [6.45, 7) is 7.40. The number of unbranched alkanes of at least 4 members (excludes halogenated alkanes) is 4. The van der Waals surface area contributed by atoms with Gasteiger partial charge in [0.05, 0.1) is 17.2 Å². The van der Waals surface area contributed by atoms with Gasteiger partial charge in [-0.1, -0.05) is 36.9 Å². The molecule has 0 aliphatic carbocycles. The number of aromatic nitrogens is 2. The summed E-state index contributed by atoms with van der Waals surface area (Å²) in [5.41, 5.74) is 1.82. The molecule has 3 amide bonds. The van der Waals surface area contributed by atoms with Gasteiger partial charge in [0.15, 0.2) is 5.82 Å². The van der Waals surface area contributed by atoms with Gasteiger partial charge in [-0.05, 0) is 126 Å². The summed E-state index contributed by atoms with van der Waals surface area (Å²) in [5, 5.41) is 6.14. The van der Waals surface area contributed by atoms with E-state index < -0.39 is 29.4 Å². The number of ether oxygens (including phenoxy) is 2. The molecule has 0 bridgehead atoms. The van der Waals surface area contributed by atoms with E-state index in [9.17, 15) is 18.8 Å².